The fourth-order valence-electron chi connectivity index (χ4n) is 1.58. The molecule has 0 radical (unpaired) electrons. The molecule has 19 heavy (non-hydrogen) atoms. The van der Waals surface area contributed by atoms with Gasteiger partial charge in [-0.25, -0.2) is 5.43 Å². The second-order valence-electron chi connectivity index (χ2n) is 3.90. The van der Waals surface area contributed by atoms with E-state index in [4.69, 9.17) is 16.3 Å². The molecule has 1 heterocycles. The number of anilines is 1. The molecular formula is C12H12ClN3O3. The summed E-state index contributed by atoms with van der Waals surface area (Å²) in [7, 11) is 1.49. The van der Waals surface area contributed by atoms with Gasteiger partial charge in [-0.15, -0.1) is 0 Å². The summed E-state index contributed by atoms with van der Waals surface area (Å²) in [6.45, 7) is 0. The number of hydrogen-bond acceptors (Lipinski definition) is 4. The van der Waals surface area contributed by atoms with E-state index < -0.39 is 0 Å². The molecule has 1 aromatic carbocycles. The SMILES string of the molecule is COc1cc(NC(=O)C2=NNC(=O)CC2)ccc1Cl. The van der Waals surface area contributed by atoms with Crippen molar-refractivity contribution in [3.05, 3.63) is 23.2 Å². The minimum atomic E-state index is -0.357. The van der Waals surface area contributed by atoms with Gasteiger partial charge in [-0.05, 0) is 12.1 Å². The van der Waals surface area contributed by atoms with Crippen LogP contribution in [0.1, 0.15) is 12.8 Å². The maximum absolute atomic E-state index is 11.9. The number of hydrogen-bond donors (Lipinski definition) is 2. The number of carbonyl (C=O) groups is 2. The van der Waals surface area contributed by atoms with Gasteiger partial charge in [-0.3, -0.25) is 9.59 Å². The molecule has 0 unspecified atom stereocenters. The van der Waals surface area contributed by atoms with Crippen molar-refractivity contribution in [1.82, 2.24) is 5.43 Å². The summed E-state index contributed by atoms with van der Waals surface area (Å²) in [6.07, 6.45) is 0.582. The van der Waals surface area contributed by atoms with Gasteiger partial charge in [0.05, 0.1) is 12.1 Å². The first-order valence-electron chi connectivity index (χ1n) is 5.60. The van der Waals surface area contributed by atoms with E-state index in [0.29, 0.717) is 22.9 Å². The lowest BCUT2D eigenvalue weighted by atomic mass is 10.1. The predicted octanol–water partition coefficient (Wildman–Crippen LogP) is 1.55. The van der Waals surface area contributed by atoms with Gasteiger partial charge in [0.2, 0.25) is 5.91 Å². The van der Waals surface area contributed by atoms with Crippen LogP contribution in [-0.4, -0.2) is 24.6 Å². The Labute approximate surface area is 114 Å². The molecule has 0 aromatic heterocycles. The van der Waals surface area contributed by atoms with Crippen LogP contribution in [0.5, 0.6) is 5.75 Å². The monoisotopic (exact) mass is 281 g/mol. The van der Waals surface area contributed by atoms with Crippen LogP contribution < -0.4 is 15.5 Å². The molecule has 0 bridgehead atoms. The number of rotatable bonds is 3. The molecule has 1 aliphatic heterocycles. The van der Waals surface area contributed by atoms with Crippen molar-refractivity contribution in [3.63, 3.8) is 0 Å². The van der Waals surface area contributed by atoms with E-state index in [-0.39, 0.29) is 23.9 Å². The molecule has 0 fully saturated rings. The van der Waals surface area contributed by atoms with E-state index in [9.17, 15) is 9.59 Å². The molecule has 0 saturated carbocycles. The van der Waals surface area contributed by atoms with Crippen molar-refractivity contribution in [2.24, 2.45) is 5.10 Å². The molecule has 2 rings (SSSR count). The number of benzene rings is 1. The lowest BCUT2D eigenvalue weighted by Gasteiger charge is -2.12. The number of ether oxygens (including phenoxy) is 1. The van der Waals surface area contributed by atoms with Gasteiger partial charge in [-0.2, -0.15) is 5.10 Å². The summed E-state index contributed by atoms with van der Waals surface area (Å²) in [6, 6.07) is 4.90. The van der Waals surface area contributed by atoms with Crippen LogP contribution in [0.15, 0.2) is 23.3 Å². The largest absolute Gasteiger partial charge is 0.495 e. The van der Waals surface area contributed by atoms with Gasteiger partial charge in [-0.1, -0.05) is 11.6 Å². The lowest BCUT2D eigenvalue weighted by molar-refractivity contribution is -0.121. The molecule has 100 valence electrons. The van der Waals surface area contributed by atoms with Gasteiger partial charge in [0.1, 0.15) is 11.5 Å². The van der Waals surface area contributed by atoms with Crippen LogP contribution in [-0.2, 0) is 9.59 Å². The molecular weight excluding hydrogens is 270 g/mol. The number of nitrogens with zero attached hydrogens (tertiary/aromatic N) is 1. The van der Waals surface area contributed by atoms with Gasteiger partial charge < -0.3 is 10.1 Å². The third-order valence-electron chi connectivity index (χ3n) is 2.58. The highest BCUT2D eigenvalue weighted by Gasteiger charge is 2.18. The zero-order valence-electron chi connectivity index (χ0n) is 10.2. The predicted molar refractivity (Wildman–Crippen MR) is 71.4 cm³/mol. The van der Waals surface area contributed by atoms with Crippen molar-refractivity contribution in [2.75, 3.05) is 12.4 Å². The Morgan fingerprint density at radius 2 is 2.26 bits per heavy atom. The van der Waals surface area contributed by atoms with Crippen LogP contribution in [0.3, 0.4) is 0 Å². The van der Waals surface area contributed by atoms with Crippen LogP contribution in [0, 0.1) is 0 Å². The van der Waals surface area contributed by atoms with E-state index in [0.717, 1.165) is 0 Å². The van der Waals surface area contributed by atoms with Crippen LogP contribution in [0.25, 0.3) is 0 Å². The molecule has 1 aromatic rings. The van der Waals surface area contributed by atoms with Crippen molar-refractivity contribution in [1.29, 1.82) is 0 Å². The van der Waals surface area contributed by atoms with E-state index in [1.807, 2.05) is 0 Å². The van der Waals surface area contributed by atoms with Crippen LogP contribution in [0.4, 0.5) is 5.69 Å². The summed E-state index contributed by atoms with van der Waals surface area (Å²) in [5.74, 6) is -0.0764. The quantitative estimate of drug-likeness (QED) is 0.882. The lowest BCUT2D eigenvalue weighted by Crippen LogP contribution is -2.32. The van der Waals surface area contributed by atoms with Crippen molar-refractivity contribution in [3.8, 4) is 5.75 Å². The maximum Gasteiger partial charge on any atom is 0.271 e. The number of amides is 2. The normalized spacial score (nSPS) is 14.4. The van der Waals surface area contributed by atoms with Gasteiger partial charge in [0.25, 0.3) is 5.91 Å². The number of carbonyl (C=O) groups excluding carboxylic acids is 2. The third-order valence-corrected chi connectivity index (χ3v) is 2.89. The van der Waals surface area contributed by atoms with Crippen molar-refractivity contribution >= 4 is 34.8 Å². The van der Waals surface area contributed by atoms with Gasteiger partial charge in [0, 0.05) is 24.6 Å². The average molecular weight is 282 g/mol. The Kier molecular flexibility index (Phi) is 4.01. The second kappa shape index (κ2) is 5.71. The van der Waals surface area contributed by atoms with Crippen molar-refractivity contribution in [2.45, 2.75) is 12.8 Å². The Morgan fingerprint density at radius 3 is 2.89 bits per heavy atom. The molecule has 0 atom stereocenters. The molecule has 2 N–H and O–H groups in total. The maximum atomic E-state index is 11.9. The third kappa shape index (κ3) is 3.23. The number of methoxy groups -OCH3 is 1. The molecule has 0 saturated heterocycles. The van der Waals surface area contributed by atoms with E-state index in [1.165, 1.54) is 7.11 Å². The molecule has 0 aliphatic carbocycles. The van der Waals surface area contributed by atoms with E-state index >= 15 is 0 Å². The molecule has 2 amide bonds. The molecule has 6 nitrogen and oxygen atoms in total. The number of nitrogens with one attached hydrogen (secondary N) is 2. The highest BCUT2D eigenvalue weighted by Crippen LogP contribution is 2.27. The Balaban J connectivity index is 2.09. The minimum Gasteiger partial charge on any atom is -0.495 e. The van der Waals surface area contributed by atoms with Crippen LogP contribution in [0.2, 0.25) is 5.02 Å². The number of halogens is 1. The minimum absolute atomic E-state index is 0.190. The zero-order chi connectivity index (χ0) is 13.8. The van der Waals surface area contributed by atoms with E-state index in [1.54, 1.807) is 18.2 Å². The summed E-state index contributed by atoms with van der Waals surface area (Å²) < 4.78 is 5.06. The first kappa shape index (κ1) is 13.4. The Bertz CT molecular complexity index is 557. The first-order valence-corrected chi connectivity index (χ1v) is 5.98. The number of hydrazone groups is 1. The standard InChI is InChI=1S/C12H12ClN3O3/c1-19-10-6-7(2-3-8(10)13)14-12(18)9-4-5-11(17)16-15-9/h2-3,6H,4-5H2,1H3,(H,14,18)(H,16,17). The second-order valence-corrected chi connectivity index (χ2v) is 4.30. The van der Waals surface area contributed by atoms with E-state index in [2.05, 4.69) is 15.8 Å². The smallest absolute Gasteiger partial charge is 0.271 e. The Hall–Kier alpha value is -2.08. The van der Waals surface area contributed by atoms with Gasteiger partial charge in [0.15, 0.2) is 0 Å². The summed E-state index contributed by atoms with van der Waals surface area (Å²) in [5.41, 5.74) is 3.11. The molecule has 1 aliphatic rings. The highest BCUT2D eigenvalue weighted by molar-refractivity contribution is 6.43. The molecule has 0 spiro atoms. The first-order chi connectivity index (χ1) is 9.10. The fourth-order valence-corrected chi connectivity index (χ4v) is 1.77. The zero-order valence-corrected chi connectivity index (χ0v) is 11.0. The summed E-state index contributed by atoms with van der Waals surface area (Å²) >= 11 is 5.89. The fraction of sp³-hybridized carbons (Fsp3) is 0.250. The topological polar surface area (TPSA) is 79.8 Å². The molecule has 7 heteroatoms. The highest BCUT2D eigenvalue weighted by atomic mass is 35.5. The van der Waals surface area contributed by atoms with Crippen molar-refractivity contribution < 1.29 is 14.3 Å². The summed E-state index contributed by atoms with van der Waals surface area (Å²) in [5, 5.41) is 6.84. The van der Waals surface area contributed by atoms with Gasteiger partial charge >= 0.3 is 0 Å². The summed E-state index contributed by atoms with van der Waals surface area (Å²) in [4.78, 5) is 22.8. The van der Waals surface area contributed by atoms with Crippen LogP contribution >= 0.6 is 11.6 Å². The average Bonchev–Trinajstić information content (AvgIpc) is 2.41. The Morgan fingerprint density at radius 1 is 1.47 bits per heavy atom.